The fourth-order valence-corrected chi connectivity index (χ4v) is 3.68. The Morgan fingerprint density at radius 3 is 2.29 bits per heavy atom. The zero-order valence-corrected chi connectivity index (χ0v) is 13.4. The number of hydrogen-bond acceptors (Lipinski definition) is 3. The summed E-state index contributed by atoms with van der Waals surface area (Å²) in [5, 5.41) is 6.62. The van der Waals surface area contributed by atoms with Crippen molar-refractivity contribution in [3.05, 3.63) is 46.8 Å². The van der Waals surface area contributed by atoms with Crippen LogP contribution in [-0.4, -0.2) is 18.6 Å². The Morgan fingerprint density at radius 1 is 1.14 bits per heavy atom. The molecule has 0 amide bonds. The molecular formula is C15H21N3O2S. The van der Waals surface area contributed by atoms with Crippen molar-refractivity contribution in [1.29, 1.82) is 0 Å². The van der Waals surface area contributed by atoms with Crippen molar-refractivity contribution in [3.8, 4) is 0 Å². The maximum absolute atomic E-state index is 12.3. The average Bonchev–Trinajstić information content (AvgIpc) is 2.78. The Balaban J connectivity index is 2.08. The first kappa shape index (κ1) is 15.7. The van der Waals surface area contributed by atoms with Crippen molar-refractivity contribution >= 4 is 10.0 Å². The van der Waals surface area contributed by atoms with Crippen LogP contribution in [0.3, 0.4) is 0 Å². The molecule has 0 unspecified atom stereocenters. The van der Waals surface area contributed by atoms with Crippen LogP contribution < -0.4 is 4.72 Å². The van der Waals surface area contributed by atoms with Crippen LogP contribution in [0.1, 0.15) is 35.9 Å². The van der Waals surface area contributed by atoms with Crippen LogP contribution in [-0.2, 0) is 23.0 Å². The number of benzene rings is 1. The van der Waals surface area contributed by atoms with Crippen LogP contribution >= 0.6 is 0 Å². The topological polar surface area (TPSA) is 74.8 Å². The van der Waals surface area contributed by atoms with E-state index in [2.05, 4.69) is 21.8 Å². The molecule has 0 atom stereocenters. The Bertz CT molecular complexity index is 684. The summed E-state index contributed by atoms with van der Waals surface area (Å²) in [5.74, 6) is 0. The van der Waals surface area contributed by atoms with E-state index in [1.54, 1.807) is 13.8 Å². The van der Waals surface area contributed by atoms with Crippen molar-refractivity contribution < 1.29 is 8.42 Å². The number of H-pyrrole nitrogens is 1. The Morgan fingerprint density at radius 2 is 1.76 bits per heavy atom. The lowest BCUT2D eigenvalue weighted by Gasteiger charge is -2.08. The SMILES string of the molecule is CCCc1ccc(CNS(=O)(=O)c2c(C)n[nH]c2C)cc1. The van der Waals surface area contributed by atoms with E-state index in [1.807, 2.05) is 24.3 Å². The molecule has 1 aromatic heterocycles. The number of sulfonamides is 1. The Kier molecular flexibility index (Phi) is 4.80. The molecular weight excluding hydrogens is 286 g/mol. The fraction of sp³-hybridized carbons (Fsp3) is 0.400. The fourth-order valence-electron chi connectivity index (χ4n) is 2.30. The number of nitrogens with one attached hydrogen (secondary N) is 2. The molecule has 0 aliphatic carbocycles. The molecule has 0 radical (unpaired) electrons. The minimum atomic E-state index is -3.54. The molecule has 0 spiro atoms. The summed E-state index contributed by atoms with van der Waals surface area (Å²) in [4.78, 5) is 0.241. The second-order valence-electron chi connectivity index (χ2n) is 5.15. The minimum absolute atomic E-state index is 0.241. The number of aryl methyl sites for hydroxylation is 3. The predicted octanol–water partition coefficient (Wildman–Crippen LogP) is 2.46. The third-order valence-electron chi connectivity index (χ3n) is 3.36. The van der Waals surface area contributed by atoms with E-state index in [1.165, 1.54) is 5.56 Å². The summed E-state index contributed by atoms with van der Waals surface area (Å²) in [5.41, 5.74) is 3.25. The van der Waals surface area contributed by atoms with Gasteiger partial charge in [0.1, 0.15) is 4.90 Å². The molecule has 2 N–H and O–H groups in total. The molecule has 2 rings (SSSR count). The molecule has 0 saturated carbocycles. The second-order valence-corrected chi connectivity index (χ2v) is 6.86. The predicted molar refractivity (Wildman–Crippen MR) is 82.5 cm³/mol. The van der Waals surface area contributed by atoms with E-state index in [0.717, 1.165) is 18.4 Å². The van der Waals surface area contributed by atoms with Crippen molar-refractivity contribution in [2.45, 2.75) is 45.1 Å². The van der Waals surface area contributed by atoms with Gasteiger partial charge in [0.15, 0.2) is 0 Å². The lowest BCUT2D eigenvalue weighted by atomic mass is 10.1. The highest BCUT2D eigenvalue weighted by atomic mass is 32.2. The molecule has 0 saturated heterocycles. The first-order valence-corrected chi connectivity index (χ1v) is 8.51. The Hall–Kier alpha value is -1.66. The summed E-state index contributed by atoms with van der Waals surface area (Å²) >= 11 is 0. The molecule has 1 aromatic carbocycles. The van der Waals surface area contributed by atoms with Crippen LogP contribution in [0.15, 0.2) is 29.2 Å². The summed E-state index contributed by atoms with van der Waals surface area (Å²) in [6, 6.07) is 8.01. The van der Waals surface area contributed by atoms with Gasteiger partial charge in [-0.05, 0) is 31.4 Å². The van der Waals surface area contributed by atoms with Gasteiger partial charge in [-0.15, -0.1) is 0 Å². The van der Waals surface area contributed by atoms with Crippen LogP contribution in [0.25, 0.3) is 0 Å². The van der Waals surface area contributed by atoms with Crippen LogP contribution in [0.4, 0.5) is 0 Å². The highest BCUT2D eigenvalue weighted by Crippen LogP contribution is 2.16. The first-order chi connectivity index (χ1) is 9.94. The molecule has 0 bridgehead atoms. The van der Waals surface area contributed by atoms with Gasteiger partial charge in [0.05, 0.1) is 11.4 Å². The molecule has 0 aliphatic heterocycles. The van der Waals surface area contributed by atoms with Gasteiger partial charge in [-0.3, -0.25) is 5.10 Å². The third kappa shape index (κ3) is 3.71. The molecule has 2 aromatic rings. The lowest BCUT2D eigenvalue weighted by Crippen LogP contribution is -2.24. The van der Waals surface area contributed by atoms with Gasteiger partial charge in [0.2, 0.25) is 10.0 Å². The zero-order chi connectivity index (χ0) is 15.5. The van der Waals surface area contributed by atoms with E-state index in [9.17, 15) is 8.42 Å². The number of nitrogens with zero attached hydrogens (tertiary/aromatic N) is 1. The van der Waals surface area contributed by atoms with E-state index in [4.69, 9.17) is 0 Å². The lowest BCUT2D eigenvalue weighted by molar-refractivity contribution is 0.580. The quantitative estimate of drug-likeness (QED) is 0.861. The molecule has 114 valence electrons. The van der Waals surface area contributed by atoms with Gasteiger partial charge in [0, 0.05) is 6.54 Å². The van der Waals surface area contributed by atoms with E-state index < -0.39 is 10.0 Å². The standard InChI is InChI=1S/C15H21N3O2S/c1-4-5-13-6-8-14(9-7-13)10-16-21(19,20)15-11(2)17-18-12(15)3/h6-9,16H,4-5,10H2,1-3H3,(H,17,18). The van der Waals surface area contributed by atoms with Crippen LogP contribution in [0.2, 0.25) is 0 Å². The van der Waals surface area contributed by atoms with Crippen molar-refractivity contribution in [2.75, 3.05) is 0 Å². The number of aromatic nitrogens is 2. The van der Waals surface area contributed by atoms with Crippen molar-refractivity contribution in [1.82, 2.24) is 14.9 Å². The summed E-state index contributed by atoms with van der Waals surface area (Å²) < 4.78 is 27.2. The Labute approximate surface area is 125 Å². The molecule has 5 nitrogen and oxygen atoms in total. The normalized spacial score (nSPS) is 11.8. The highest BCUT2D eigenvalue weighted by Gasteiger charge is 2.21. The number of rotatable bonds is 6. The van der Waals surface area contributed by atoms with Gasteiger partial charge in [-0.25, -0.2) is 13.1 Å². The number of aromatic amines is 1. The van der Waals surface area contributed by atoms with Crippen molar-refractivity contribution in [3.63, 3.8) is 0 Å². The maximum Gasteiger partial charge on any atom is 0.244 e. The van der Waals surface area contributed by atoms with Crippen LogP contribution in [0.5, 0.6) is 0 Å². The molecule has 6 heteroatoms. The average molecular weight is 307 g/mol. The van der Waals surface area contributed by atoms with Gasteiger partial charge in [-0.1, -0.05) is 37.6 Å². The van der Waals surface area contributed by atoms with E-state index in [0.29, 0.717) is 11.4 Å². The van der Waals surface area contributed by atoms with Crippen LogP contribution in [0, 0.1) is 13.8 Å². The van der Waals surface area contributed by atoms with Gasteiger partial charge >= 0.3 is 0 Å². The van der Waals surface area contributed by atoms with E-state index >= 15 is 0 Å². The zero-order valence-electron chi connectivity index (χ0n) is 12.6. The van der Waals surface area contributed by atoms with Gasteiger partial charge < -0.3 is 0 Å². The van der Waals surface area contributed by atoms with Crippen molar-refractivity contribution in [2.24, 2.45) is 0 Å². The first-order valence-electron chi connectivity index (χ1n) is 7.03. The molecule has 0 aliphatic rings. The monoisotopic (exact) mass is 307 g/mol. The smallest absolute Gasteiger partial charge is 0.244 e. The summed E-state index contributed by atoms with van der Waals surface area (Å²) in [6.45, 7) is 5.79. The highest BCUT2D eigenvalue weighted by molar-refractivity contribution is 7.89. The minimum Gasteiger partial charge on any atom is -0.281 e. The van der Waals surface area contributed by atoms with E-state index in [-0.39, 0.29) is 11.4 Å². The van der Waals surface area contributed by atoms with Gasteiger partial charge in [0.25, 0.3) is 0 Å². The molecule has 21 heavy (non-hydrogen) atoms. The third-order valence-corrected chi connectivity index (χ3v) is 5.02. The summed E-state index contributed by atoms with van der Waals surface area (Å²) in [7, 11) is -3.54. The summed E-state index contributed by atoms with van der Waals surface area (Å²) in [6.07, 6.45) is 2.14. The van der Waals surface area contributed by atoms with Gasteiger partial charge in [-0.2, -0.15) is 5.10 Å². The largest absolute Gasteiger partial charge is 0.281 e. The second kappa shape index (κ2) is 6.41. The molecule has 1 heterocycles. The number of hydrogen-bond donors (Lipinski definition) is 2. The maximum atomic E-state index is 12.3. The molecule has 0 fully saturated rings.